The molecule has 318 valence electrons. The van der Waals surface area contributed by atoms with Crippen LogP contribution in [0.3, 0.4) is 0 Å². The largest absolute Gasteiger partial charge is 0.309 e. The second-order valence-corrected chi connectivity index (χ2v) is 17.7. The summed E-state index contributed by atoms with van der Waals surface area (Å²) in [4.78, 5) is 0. The molecule has 0 bridgehead atoms. The molecule has 0 radical (unpaired) electrons. The maximum Gasteiger partial charge on any atom is 0.0547 e. The lowest BCUT2D eigenvalue weighted by molar-refractivity contribution is 1.18. The number of fused-ring (bicyclic) bond motifs is 6. The summed E-state index contributed by atoms with van der Waals surface area (Å²) in [7, 11) is 0. The summed E-state index contributed by atoms with van der Waals surface area (Å²) in [5.74, 6) is 0. The topological polar surface area (TPSA) is 9.86 Å². The molecule has 0 saturated heterocycles. The second-order valence-electron chi connectivity index (χ2n) is 17.7. The van der Waals surface area contributed by atoms with Crippen molar-refractivity contribution in [3.8, 4) is 78.1 Å². The molecule has 2 heteroatoms. The van der Waals surface area contributed by atoms with Crippen molar-refractivity contribution in [2.45, 2.75) is 0 Å². The van der Waals surface area contributed by atoms with Crippen LogP contribution in [0.4, 0.5) is 0 Å². The van der Waals surface area contributed by atoms with Gasteiger partial charge in [0.1, 0.15) is 0 Å². The normalized spacial score (nSPS) is 11.5. The molecule has 11 aromatic carbocycles. The molecule has 0 aliphatic carbocycles. The molecular weight excluding hydrogens is 821 g/mol. The van der Waals surface area contributed by atoms with Crippen LogP contribution in [0, 0.1) is 0 Å². The zero-order valence-electron chi connectivity index (χ0n) is 37.3. The minimum atomic E-state index is 1.11. The number of hydrogen-bond donors (Lipinski definition) is 0. The number of nitrogens with zero attached hydrogens (tertiary/aromatic N) is 2. The van der Waals surface area contributed by atoms with E-state index in [1.54, 1.807) is 0 Å². The van der Waals surface area contributed by atoms with Gasteiger partial charge in [-0.25, -0.2) is 0 Å². The van der Waals surface area contributed by atoms with Crippen LogP contribution in [0.15, 0.2) is 267 Å². The quantitative estimate of drug-likeness (QED) is 0.144. The molecule has 0 N–H and O–H groups in total. The third-order valence-corrected chi connectivity index (χ3v) is 13.7. The van der Waals surface area contributed by atoms with Gasteiger partial charge in [0.05, 0.1) is 22.1 Å². The Kier molecular flexibility index (Phi) is 9.54. The highest BCUT2D eigenvalue weighted by molar-refractivity contribution is 6.13. The fraction of sp³-hybridized carbons (Fsp3) is 0. The number of aromatic nitrogens is 2. The lowest BCUT2D eigenvalue weighted by Gasteiger charge is -2.15. The first kappa shape index (κ1) is 39.4. The predicted octanol–water partition coefficient (Wildman–Crippen LogP) is 17.9. The molecule has 0 saturated carbocycles. The smallest absolute Gasteiger partial charge is 0.0547 e. The molecule has 0 spiro atoms. The average molecular weight is 865 g/mol. The molecule has 0 aliphatic heterocycles. The molecule has 0 unspecified atom stereocenters. The monoisotopic (exact) mass is 864 g/mol. The summed E-state index contributed by atoms with van der Waals surface area (Å²) >= 11 is 0. The van der Waals surface area contributed by atoms with Crippen LogP contribution in [0.2, 0.25) is 0 Å². The second kappa shape index (κ2) is 16.5. The van der Waals surface area contributed by atoms with Crippen LogP contribution in [0.1, 0.15) is 0 Å². The van der Waals surface area contributed by atoms with E-state index in [-0.39, 0.29) is 0 Å². The van der Waals surface area contributed by atoms with Crippen LogP contribution >= 0.6 is 0 Å². The summed E-state index contributed by atoms with van der Waals surface area (Å²) in [6, 6.07) is 97.6. The maximum atomic E-state index is 2.48. The molecule has 2 heterocycles. The molecule has 0 fully saturated rings. The first-order valence-electron chi connectivity index (χ1n) is 23.4. The first-order valence-corrected chi connectivity index (χ1v) is 23.4. The highest BCUT2D eigenvalue weighted by Gasteiger charge is 2.19. The van der Waals surface area contributed by atoms with Gasteiger partial charge < -0.3 is 9.13 Å². The van der Waals surface area contributed by atoms with E-state index in [1.807, 2.05) is 0 Å². The van der Waals surface area contributed by atoms with E-state index in [0.717, 1.165) is 28.1 Å². The number of rotatable bonds is 8. The van der Waals surface area contributed by atoms with Crippen molar-refractivity contribution < 1.29 is 0 Å². The Morgan fingerprint density at radius 3 is 0.926 bits per heavy atom. The van der Waals surface area contributed by atoms with E-state index >= 15 is 0 Å². The zero-order valence-corrected chi connectivity index (χ0v) is 37.3. The zero-order chi connectivity index (χ0) is 45.0. The standard InChI is InChI=1S/C66H44N2/c1-6-16-45(17-7-1)49-26-28-50(29-27-49)55-38-56(54-30-34-59-60-41-51(46-18-8-2-9-19-46)31-35-63(60)67(66(59)44-54)57-24-14-5-15-25-57)40-58(39-55)68-64-36-32-52(47-20-10-3-11-21-47)42-61(64)62-43-53(33-37-65(62)68)48-22-12-4-13-23-48/h1-44H. The van der Waals surface area contributed by atoms with Gasteiger partial charge >= 0.3 is 0 Å². The highest BCUT2D eigenvalue weighted by Crippen LogP contribution is 2.42. The summed E-state index contributed by atoms with van der Waals surface area (Å²) in [5, 5.41) is 4.91. The number of benzene rings is 11. The summed E-state index contributed by atoms with van der Waals surface area (Å²) in [5.41, 5.74) is 21.2. The van der Waals surface area contributed by atoms with Crippen molar-refractivity contribution in [2.24, 2.45) is 0 Å². The van der Waals surface area contributed by atoms with Gasteiger partial charge in [-0.15, -0.1) is 0 Å². The summed E-state index contributed by atoms with van der Waals surface area (Å²) in [6.45, 7) is 0. The van der Waals surface area contributed by atoms with Gasteiger partial charge in [-0.05, 0) is 140 Å². The van der Waals surface area contributed by atoms with Gasteiger partial charge in [-0.1, -0.05) is 194 Å². The Hall–Kier alpha value is -8.98. The molecular formula is C66H44N2. The number of hydrogen-bond acceptors (Lipinski definition) is 0. The fourth-order valence-corrected chi connectivity index (χ4v) is 10.3. The lowest BCUT2D eigenvalue weighted by atomic mass is 9.95. The first-order chi connectivity index (χ1) is 33.7. The van der Waals surface area contributed by atoms with Crippen molar-refractivity contribution in [1.29, 1.82) is 0 Å². The Labute approximate surface area is 395 Å². The minimum Gasteiger partial charge on any atom is -0.309 e. The Morgan fingerprint density at radius 2 is 0.471 bits per heavy atom. The highest BCUT2D eigenvalue weighted by atomic mass is 15.0. The van der Waals surface area contributed by atoms with Gasteiger partial charge in [0.25, 0.3) is 0 Å². The SMILES string of the molecule is c1ccc(-c2ccc(-c3cc(-c4ccc5c6cc(-c7ccccc7)ccc6n(-c6ccccc6)c5c4)cc(-n4c5ccc(-c6ccccc6)cc5c5cc(-c6ccccc6)ccc54)c3)cc2)cc1. The van der Waals surface area contributed by atoms with Crippen LogP contribution in [-0.4, -0.2) is 9.13 Å². The van der Waals surface area contributed by atoms with Crippen molar-refractivity contribution in [3.63, 3.8) is 0 Å². The van der Waals surface area contributed by atoms with E-state index < -0.39 is 0 Å². The lowest BCUT2D eigenvalue weighted by Crippen LogP contribution is -1.97. The molecule has 2 aromatic heterocycles. The Balaban J connectivity index is 1.05. The van der Waals surface area contributed by atoms with Gasteiger partial charge in [0, 0.05) is 32.9 Å². The molecule has 68 heavy (non-hydrogen) atoms. The van der Waals surface area contributed by atoms with Gasteiger partial charge in [-0.3, -0.25) is 0 Å². The molecule has 0 aliphatic rings. The van der Waals surface area contributed by atoms with Crippen molar-refractivity contribution in [1.82, 2.24) is 9.13 Å². The van der Waals surface area contributed by atoms with Crippen LogP contribution in [-0.2, 0) is 0 Å². The van der Waals surface area contributed by atoms with E-state index in [4.69, 9.17) is 0 Å². The van der Waals surface area contributed by atoms with E-state index in [1.165, 1.54) is 93.7 Å². The minimum absolute atomic E-state index is 1.11. The third-order valence-electron chi connectivity index (χ3n) is 13.7. The molecule has 2 nitrogen and oxygen atoms in total. The van der Waals surface area contributed by atoms with Crippen molar-refractivity contribution in [3.05, 3.63) is 267 Å². The number of para-hydroxylation sites is 1. The Morgan fingerprint density at radius 1 is 0.162 bits per heavy atom. The van der Waals surface area contributed by atoms with Crippen LogP contribution in [0.5, 0.6) is 0 Å². The van der Waals surface area contributed by atoms with E-state index in [9.17, 15) is 0 Å². The van der Waals surface area contributed by atoms with Crippen LogP contribution < -0.4 is 0 Å². The van der Waals surface area contributed by atoms with Gasteiger partial charge in [0.2, 0.25) is 0 Å². The summed E-state index contributed by atoms with van der Waals surface area (Å²) < 4.78 is 4.90. The molecule has 13 aromatic rings. The predicted molar refractivity (Wildman–Crippen MR) is 288 cm³/mol. The van der Waals surface area contributed by atoms with Gasteiger partial charge in [-0.2, -0.15) is 0 Å². The van der Waals surface area contributed by atoms with Crippen LogP contribution in [0.25, 0.3) is 122 Å². The third kappa shape index (κ3) is 6.90. The fourth-order valence-electron chi connectivity index (χ4n) is 10.3. The summed E-state index contributed by atoms with van der Waals surface area (Å²) in [6.07, 6.45) is 0. The molecule has 0 atom stereocenters. The average Bonchev–Trinajstić information content (AvgIpc) is 3.93. The van der Waals surface area contributed by atoms with E-state index in [2.05, 4.69) is 276 Å². The van der Waals surface area contributed by atoms with Crippen molar-refractivity contribution in [2.75, 3.05) is 0 Å². The Bertz CT molecular complexity index is 3860. The maximum absolute atomic E-state index is 2.48. The van der Waals surface area contributed by atoms with Gasteiger partial charge in [0.15, 0.2) is 0 Å². The molecule has 13 rings (SSSR count). The van der Waals surface area contributed by atoms with E-state index in [0.29, 0.717) is 0 Å². The molecule has 0 amide bonds. The van der Waals surface area contributed by atoms with Crippen molar-refractivity contribution >= 4 is 43.6 Å².